The number of ether oxygens (including phenoxy) is 2. The lowest BCUT2D eigenvalue weighted by atomic mass is 9.99. The molecule has 0 radical (unpaired) electrons. The van der Waals surface area contributed by atoms with Gasteiger partial charge in [-0.25, -0.2) is 4.79 Å². The Hall–Kier alpha value is -1.79. The lowest BCUT2D eigenvalue weighted by Gasteiger charge is -2.45. The van der Waals surface area contributed by atoms with E-state index in [9.17, 15) is 9.90 Å². The van der Waals surface area contributed by atoms with Crippen LogP contribution in [0.3, 0.4) is 0 Å². The minimum atomic E-state index is -1.05. The molecule has 168 valence electrons. The van der Waals surface area contributed by atoms with Crippen LogP contribution in [-0.2, 0) is 22.3 Å². The fourth-order valence-corrected chi connectivity index (χ4v) is 4.46. The first-order chi connectivity index (χ1) is 14.3. The number of rotatable bonds is 10. The molecule has 0 spiro atoms. The quantitative estimate of drug-likeness (QED) is 0.537. The van der Waals surface area contributed by atoms with Crippen LogP contribution < -0.4 is 10.2 Å². The zero-order valence-electron chi connectivity index (χ0n) is 18.8. The number of anilines is 1. The Balaban J connectivity index is 1.59. The molecule has 0 saturated carbocycles. The van der Waals surface area contributed by atoms with Crippen molar-refractivity contribution >= 4 is 11.8 Å². The molecule has 0 aliphatic carbocycles. The van der Waals surface area contributed by atoms with Gasteiger partial charge in [0.1, 0.15) is 5.54 Å². The zero-order valence-corrected chi connectivity index (χ0v) is 18.8. The zero-order chi connectivity index (χ0) is 21.6. The van der Waals surface area contributed by atoms with Gasteiger partial charge in [-0.1, -0.05) is 51.2 Å². The maximum atomic E-state index is 11.4. The van der Waals surface area contributed by atoms with E-state index < -0.39 is 17.4 Å². The molecule has 3 rings (SSSR count). The summed E-state index contributed by atoms with van der Waals surface area (Å²) < 4.78 is 11.6. The van der Waals surface area contributed by atoms with Crippen LogP contribution >= 0.6 is 0 Å². The van der Waals surface area contributed by atoms with Crippen molar-refractivity contribution in [1.82, 2.24) is 5.32 Å². The molecule has 1 amide bonds. The topological polar surface area (TPSA) is 71.0 Å². The first-order valence-electron chi connectivity index (χ1n) is 11.5. The van der Waals surface area contributed by atoms with Crippen LogP contribution in [0.25, 0.3) is 0 Å². The SMILES string of the molecule is CCCCCCCCc1ccc2c(c1)CCN2CC1(NC(=O)O)COC(C)(C)OC1. The molecule has 0 bridgehead atoms. The smallest absolute Gasteiger partial charge is 0.405 e. The van der Waals surface area contributed by atoms with Crippen LogP contribution in [-0.4, -0.2) is 48.8 Å². The number of nitrogens with one attached hydrogen (secondary N) is 1. The molecule has 2 aliphatic rings. The Morgan fingerprint density at radius 2 is 1.83 bits per heavy atom. The van der Waals surface area contributed by atoms with Crippen LogP contribution in [0, 0.1) is 0 Å². The van der Waals surface area contributed by atoms with E-state index in [1.807, 2.05) is 13.8 Å². The third kappa shape index (κ3) is 6.11. The second kappa shape index (κ2) is 10.0. The normalized spacial score (nSPS) is 19.5. The van der Waals surface area contributed by atoms with E-state index in [1.165, 1.54) is 55.3 Å². The standard InChI is InChI=1S/C24H38N2O4/c1-4-5-6-7-8-9-10-19-11-12-21-20(15-19)13-14-26(21)16-24(25-22(27)28)17-29-23(2,3)30-18-24/h11-12,15,25H,4-10,13-14,16-18H2,1-3H3,(H,27,28). The summed E-state index contributed by atoms with van der Waals surface area (Å²) in [6.07, 6.45) is 8.98. The van der Waals surface area contributed by atoms with Gasteiger partial charge in [0, 0.05) is 18.8 Å². The molecule has 0 unspecified atom stereocenters. The number of aryl methyl sites for hydroxylation is 1. The van der Waals surface area contributed by atoms with E-state index in [2.05, 4.69) is 35.3 Å². The third-order valence-electron chi connectivity index (χ3n) is 6.21. The summed E-state index contributed by atoms with van der Waals surface area (Å²) in [7, 11) is 0. The molecular weight excluding hydrogens is 380 g/mol. The monoisotopic (exact) mass is 418 g/mol. The van der Waals surface area contributed by atoms with Gasteiger partial charge in [-0.3, -0.25) is 0 Å². The molecule has 0 atom stereocenters. The van der Waals surface area contributed by atoms with Crippen molar-refractivity contribution in [2.45, 2.75) is 83.5 Å². The first kappa shape index (κ1) is 22.9. The Bertz CT molecular complexity index is 709. The van der Waals surface area contributed by atoms with Gasteiger partial charge >= 0.3 is 6.09 Å². The van der Waals surface area contributed by atoms with Crippen molar-refractivity contribution in [1.29, 1.82) is 0 Å². The molecule has 2 heterocycles. The minimum absolute atomic E-state index is 0.300. The number of hydrogen-bond donors (Lipinski definition) is 2. The van der Waals surface area contributed by atoms with Crippen molar-refractivity contribution in [3.8, 4) is 0 Å². The lowest BCUT2D eigenvalue weighted by molar-refractivity contribution is -0.268. The maximum Gasteiger partial charge on any atom is 0.405 e. The average Bonchev–Trinajstić information content (AvgIpc) is 3.08. The van der Waals surface area contributed by atoms with Crippen LogP contribution in [0.2, 0.25) is 0 Å². The largest absolute Gasteiger partial charge is 0.465 e. The van der Waals surface area contributed by atoms with Gasteiger partial charge < -0.3 is 24.8 Å². The fourth-order valence-electron chi connectivity index (χ4n) is 4.46. The van der Waals surface area contributed by atoms with Crippen molar-refractivity contribution in [2.75, 3.05) is 31.2 Å². The molecule has 6 nitrogen and oxygen atoms in total. The molecule has 2 N–H and O–H groups in total. The number of carboxylic acid groups (broad SMARTS) is 1. The van der Waals surface area contributed by atoms with Gasteiger partial charge in [0.05, 0.1) is 13.2 Å². The van der Waals surface area contributed by atoms with E-state index in [-0.39, 0.29) is 0 Å². The molecule has 0 aromatic heterocycles. The Labute approximate surface area is 180 Å². The molecule has 30 heavy (non-hydrogen) atoms. The van der Waals surface area contributed by atoms with Crippen LogP contribution in [0.1, 0.15) is 70.4 Å². The maximum absolute atomic E-state index is 11.4. The second-order valence-electron chi connectivity index (χ2n) is 9.34. The van der Waals surface area contributed by atoms with E-state index >= 15 is 0 Å². The molecule has 1 fully saturated rings. The van der Waals surface area contributed by atoms with Gasteiger partial charge in [0.2, 0.25) is 0 Å². The van der Waals surface area contributed by atoms with Crippen LogP contribution in [0.4, 0.5) is 10.5 Å². The van der Waals surface area contributed by atoms with Gasteiger partial charge in [-0.05, 0) is 50.3 Å². The third-order valence-corrected chi connectivity index (χ3v) is 6.21. The van der Waals surface area contributed by atoms with E-state index in [4.69, 9.17) is 9.47 Å². The number of fused-ring (bicyclic) bond motifs is 1. The van der Waals surface area contributed by atoms with Gasteiger partial charge in [-0.15, -0.1) is 0 Å². The Morgan fingerprint density at radius 3 is 2.53 bits per heavy atom. The Morgan fingerprint density at radius 1 is 1.13 bits per heavy atom. The molecule has 1 saturated heterocycles. The summed E-state index contributed by atoms with van der Waals surface area (Å²) in [5, 5.41) is 12.1. The van der Waals surface area contributed by atoms with Crippen molar-refractivity contribution in [3.05, 3.63) is 29.3 Å². The molecule has 1 aromatic rings. The van der Waals surface area contributed by atoms with Crippen molar-refractivity contribution in [3.63, 3.8) is 0 Å². The van der Waals surface area contributed by atoms with Crippen molar-refractivity contribution in [2.24, 2.45) is 0 Å². The first-order valence-corrected chi connectivity index (χ1v) is 11.5. The van der Waals surface area contributed by atoms with Gasteiger partial charge in [0.25, 0.3) is 0 Å². The van der Waals surface area contributed by atoms with E-state index in [1.54, 1.807) is 0 Å². The highest BCUT2D eigenvalue weighted by molar-refractivity contribution is 5.66. The molecule has 1 aromatic carbocycles. The van der Waals surface area contributed by atoms with Gasteiger partial charge in [0.15, 0.2) is 5.79 Å². The summed E-state index contributed by atoms with van der Waals surface area (Å²) in [6, 6.07) is 6.78. The summed E-state index contributed by atoms with van der Waals surface area (Å²) in [5.74, 6) is -0.682. The van der Waals surface area contributed by atoms with Crippen molar-refractivity contribution < 1.29 is 19.4 Å². The summed E-state index contributed by atoms with van der Waals surface area (Å²) in [4.78, 5) is 13.7. The number of hydrogen-bond acceptors (Lipinski definition) is 4. The summed E-state index contributed by atoms with van der Waals surface area (Å²) in [6.45, 7) is 7.99. The average molecular weight is 419 g/mol. The summed E-state index contributed by atoms with van der Waals surface area (Å²) in [5.41, 5.74) is 3.22. The highest BCUT2D eigenvalue weighted by Gasteiger charge is 2.43. The number of nitrogens with zero attached hydrogens (tertiary/aromatic N) is 1. The highest BCUT2D eigenvalue weighted by Crippen LogP contribution is 2.32. The summed E-state index contributed by atoms with van der Waals surface area (Å²) >= 11 is 0. The second-order valence-corrected chi connectivity index (χ2v) is 9.34. The molecular formula is C24H38N2O4. The van der Waals surface area contributed by atoms with E-state index in [0.29, 0.717) is 19.8 Å². The van der Waals surface area contributed by atoms with Gasteiger partial charge in [-0.2, -0.15) is 0 Å². The minimum Gasteiger partial charge on any atom is -0.465 e. The predicted octanol–water partition coefficient (Wildman–Crippen LogP) is 4.74. The van der Waals surface area contributed by atoms with Crippen LogP contribution in [0.5, 0.6) is 0 Å². The predicted molar refractivity (Wildman–Crippen MR) is 119 cm³/mol. The molecule has 2 aliphatic heterocycles. The number of unbranched alkanes of at least 4 members (excludes halogenated alkanes) is 5. The number of benzene rings is 1. The fraction of sp³-hybridized carbons (Fsp3) is 0.708. The number of amides is 1. The highest BCUT2D eigenvalue weighted by atomic mass is 16.7. The molecule has 6 heteroatoms. The van der Waals surface area contributed by atoms with Crippen LogP contribution in [0.15, 0.2) is 18.2 Å². The lowest BCUT2D eigenvalue weighted by Crippen LogP contribution is -2.65. The van der Waals surface area contributed by atoms with E-state index in [0.717, 1.165) is 19.4 Å². The number of carbonyl (C=O) groups is 1. The Kier molecular flexibility index (Phi) is 7.64.